The molecule has 202 valence electrons. The van der Waals surface area contributed by atoms with Crippen LogP contribution in [0.1, 0.15) is 33.4 Å². The van der Waals surface area contributed by atoms with Gasteiger partial charge >= 0.3 is 0 Å². The van der Waals surface area contributed by atoms with Crippen molar-refractivity contribution in [1.82, 2.24) is 10.6 Å². The van der Waals surface area contributed by atoms with E-state index in [1.807, 2.05) is 0 Å². The smallest absolute Gasteiger partial charge is 0.262 e. The molecular weight excluding hydrogens is 557 g/mol. The van der Waals surface area contributed by atoms with Crippen LogP contribution in [0.25, 0.3) is 12.2 Å². The summed E-state index contributed by atoms with van der Waals surface area (Å²) in [6.07, 6.45) is 2.20. The summed E-state index contributed by atoms with van der Waals surface area (Å²) >= 11 is 12.1. The summed E-state index contributed by atoms with van der Waals surface area (Å²) in [4.78, 5) is 25.2. The van der Waals surface area contributed by atoms with E-state index < -0.39 is 23.4 Å². The van der Waals surface area contributed by atoms with Gasteiger partial charge in [-0.25, -0.2) is 8.78 Å². The largest absolute Gasteiger partial charge is 0.347 e. The van der Waals surface area contributed by atoms with E-state index in [-0.39, 0.29) is 45.4 Å². The molecule has 0 bridgehead atoms. The first-order chi connectivity index (χ1) is 19.0. The van der Waals surface area contributed by atoms with Crippen LogP contribution in [0.5, 0.6) is 0 Å². The topological polar surface area (TPSA) is 106 Å². The fourth-order valence-electron chi connectivity index (χ4n) is 3.61. The number of carbonyl (C=O) groups excluding carboxylic acids is 2. The zero-order valence-electron chi connectivity index (χ0n) is 21.4. The van der Waals surface area contributed by atoms with E-state index in [9.17, 15) is 28.9 Å². The highest BCUT2D eigenvalue weighted by Gasteiger charge is 2.15. The number of benzene rings is 3. The van der Waals surface area contributed by atoms with Crippen LogP contribution in [0.2, 0.25) is 10.0 Å². The highest BCUT2D eigenvalue weighted by atomic mass is 35.5. The summed E-state index contributed by atoms with van der Waals surface area (Å²) in [5.41, 5.74) is 1.20. The molecule has 2 amide bonds. The standard InChI is InChI=1S/C30H22Cl2F2N4O2/c1-17-6-8-25(31)23(27(17)33)11-21(13-35)29(39)37-15-19-4-3-5-20(10-19)16-38-30(40)22(14-36)12-24-26(32)9-7-18(2)28(24)34/h3-12H,15-16H2,1-2H3,(H,37,39)(H,38,40)/b21-11-,22-12-. The summed E-state index contributed by atoms with van der Waals surface area (Å²) in [6.45, 7) is 3.17. The lowest BCUT2D eigenvalue weighted by atomic mass is 10.1. The first-order valence-corrected chi connectivity index (χ1v) is 12.6. The van der Waals surface area contributed by atoms with Crippen LogP contribution >= 0.6 is 23.2 Å². The van der Waals surface area contributed by atoms with Gasteiger partial charge in [-0.1, -0.05) is 59.6 Å². The average Bonchev–Trinajstić information content (AvgIpc) is 2.95. The maximum atomic E-state index is 14.4. The maximum absolute atomic E-state index is 14.4. The molecule has 0 aliphatic rings. The molecule has 40 heavy (non-hydrogen) atoms. The predicted molar refractivity (Wildman–Crippen MR) is 150 cm³/mol. The van der Waals surface area contributed by atoms with Crippen molar-refractivity contribution in [3.63, 3.8) is 0 Å². The summed E-state index contributed by atoms with van der Waals surface area (Å²) in [5.74, 6) is -2.68. The third kappa shape index (κ3) is 7.33. The van der Waals surface area contributed by atoms with Crippen LogP contribution in [0.15, 0.2) is 59.7 Å². The molecule has 0 spiro atoms. The van der Waals surface area contributed by atoms with E-state index in [0.29, 0.717) is 22.3 Å². The molecule has 0 atom stereocenters. The molecule has 0 heterocycles. The number of carbonyl (C=O) groups is 2. The second-order valence-electron chi connectivity index (χ2n) is 8.71. The van der Waals surface area contributed by atoms with Gasteiger partial charge in [0.15, 0.2) is 0 Å². The highest BCUT2D eigenvalue weighted by Crippen LogP contribution is 2.25. The van der Waals surface area contributed by atoms with Crippen molar-refractivity contribution in [3.8, 4) is 12.1 Å². The van der Waals surface area contributed by atoms with E-state index in [1.165, 1.54) is 24.3 Å². The fraction of sp³-hybridized carbons (Fsp3) is 0.133. The van der Waals surface area contributed by atoms with Crippen LogP contribution in [0, 0.1) is 48.1 Å². The Balaban J connectivity index is 1.67. The Morgan fingerprint density at radius 3 is 1.55 bits per heavy atom. The van der Waals surface area contributed by atoms with Crippen LogP contribution in [-0.2, 0) is 22.7 Å². The molecule has 10 heteroatoms. The van der Waals surface area contributed by atoms with E-state index >= 15 is 0 Å². The molecule has 3 aromatic rings. The molecule has 0 aliphatic heterocycles. The number of rotatable bonds is 8. The number of amides is 2. The Labute approximate surface area is 240 Å². The van der Waals surface area contributed by atoms with Gasteiger partial charge in [0.1, 0.15) is 34.9 Å². The number of hydrogen-bond acceptors (Lipinski definition) is 4. The van der Waals surface area contributed by atoms with Gasteiger partial charge in [-0.2, -0.15) is 10.5 Å². The number of hydrogen-bond donors (Lipinski definition) is 2. The molecule has 0 fully saturated rings. The Bertz CT molecular complexity index is 1520. The van der Waals surface area contributed by atoms with Crippen LogP contribution in [-0.4, -0.2) is 11.8 Å². The van der Waals surface area contributed by atoms with Crippen LogP contribution < -0.4 is 10.6 Å². The molecule has 3 aromatic carbocycles. The predicted octanol–water partition coefficient (Wildman–Crippen LogP) is 6.34. The third-order valence-electron chi connectivity index (χ3n) is 5.84. The summed E-state index contributed by atoms with van der Waals surface area (Å²) in [5, 5.41) is 24.2. The van der Waals surface area contributed by atoms with Crippen molar-refractivity contribution in [3.05, 3.63) is 115 Å². The lowest BCUT2D eigenvalue weighted by molar-refractivity contribution is -0.118. The van der Waals surface area contributed by atoms with E-state index in [0.717, 1.165) is 12.2 Å². The van der Waals surface area contributed by atoms with Crippen molar-refractivity contribution in [1.29, 1.82) is 10.5 Å². The van der Waals surface area contributed by atoms with Crippen LogP contribution in [0.3, 0.4) is 0 Å². The maximum Gasteiger partial charge on any atom is 0.262 e. The highest BCUT2D eigenvalue weighted by molar-refractivity contribution is 6.32. The Morgan fingerprint density at radius 1 is 0.775 bits per heavy atom. The van der Waals surface area contributed by atoms with Crippen molar-refractivity contribution in [2.24, 2.45) is 0 Å². The molecule has 2 N–H and O–H groups in total. The minimum absolute atomic E-state index is 0.0398. The molecule has 0 aliphatic carbocycles. The zero-order chi connectivity index (χ0) is 29.4. The van der Waals surface area contributed by atoms with Gasteiger partial charge in [0.25, 0.3) is 11.8 Å². The van der Waals surface area contributed by atoms with E-state index in [2.05, 4.69) is 10.6 Å². The number of halogens is 4. The zero-order valence-corrected chi connectivity index (χ0v) is 22.9. The lowest BCUT2D eigenvalue weighted by Crippen LogP contribution is -2.25. The van der Waals surface area contributed by atoms with E-state index in [4.69, 9.17) is 23.2 Å². The first-order valence-electron chi connectivity index (χ1n) is 11.8. The number of nitrogens with zero attached hydrogens (tertiary/aromatic N) is 2. The molecule has 0 saturated carbocycles. The Kier molecular flexibility index (Phi) is 10.2. The Morgan fingerprint density at radius 2 is 1.18 bits per heavy atom. The van der Waals surface area contributed by atoms with Gasteiger partial charge < -0.3 is 10.6 Å². The summed E-state index contributed by atoms with van der Waals surface area (Å²) in [6, 6.07) is 16.3. The molecule has 0 radical (unpaired) electrons. The average molecular weight is 579 g/mol. The van der Waals surface area contributed by atoms with Gasteiger partial charge in [0.2, 0.25) is 0 Å². The van der Waals surface area contributed by atoms with E-state index in [1.54, 1.807) is 50.3 Å². The molecule has 0 aromatic heterocycles. The van der Waals surface area contributed by atoms with Gasteiger partial charge in [-0.05, 0) is 60.4 Å². The fourth-order valence-corrected chi connectivity index (χ4v) is 4.01. The van der Waals surface area contributed by atoms with Crippen molar-refractivity contribution in [2.75, 3.05) is 0 Å². The molecular formula is C30H22Cl2F2N4O2. The molecule has 0 saturated heterocycles. The number of nitriles is 2. The first kappa shape index (κ1) is 30.0. The summed E-state index contributed by atoms with van der Waals surface area (Å²) in [7, 11) is 0. The second kappa shape index (κ2) is 13.5. The van der Waals surface area contributed by atoms with Gasteiger partial charge in [0, 0.05) is 24.2 Å². The van der Waals surface area contributed by atoms with Gasteiger partial charge in [-0.3, -0.25) is 9.59 Å². The second-order valence-corrected chi connectivity index (χ2v) is 9.52. The summed E-state index contributed by atoms with van der Waals surface area (Å²) < 4.78 is 28.9. The van der Waals surface area contributed by atoms with Crippen LogP contribution in [0.4, 0.5) is 8.78 Å². The molecule has 3 rings (SSSR count). The lowest BCUT2D eigenvalue weighted by Gasteiger charge is -2.09. The minimum Gasteiger partial charge on any atom is -0.347 e. The normalized spacial score (nSPS) is 11.4. The SMILES string of the molecule is Cc1ccc(Cl)c(/C=C(/C#N)C(=O)NCc2cccc(CNC(=O)/C(C#N)=C\c3c(Cl)ccc(C)c3F)c2)c1F. The number of nitrogens with one attached hydrogen (secondary N) is 2. The molecule has 0 unspecified atom stereocenters. The van der Waals surface area contributed by atoms with Crippen molar-refractivity contribution in [2.45, 2.75) is 26.9 Å². The van der Waals surface area contributed by atoms with Crippen molar-refractivity contribution < 1.29 is 18.4 Å². The minimum atomic E-state index is -0.719. The number of aryl methyl sites for hydroxylation is 2. The monoisotopic (exact) mass is 578 g/mol. The third-order valence-corrected chi connectivity index (χ3v) is 6.50. The quantitative estimate of drug-likeness (QED) is 0.240. The molecule has 6 nitrogen and oxygen atoms in total. The van der Waals surface area contributed by atoms with Crippen molar-refractivity contribution >= 4 is 47.2 Å². The van der Waals surface area contributed by atoms with Gasteiger partial charge in [-0.15, -0.1) is 0 Å². The van der Waals surface area contributed by atoms with Gasteiger partial charge in [0.05, 0.1) is 10.0 Å². The Hall–Kier alpha value is -4.50.